The zero-order valence-corrected chi connectivity index (χ0v) is 29.2. The van der Waals surface area contributed by atoms with Crippen molar-refractivity contribution >= 4 is 23.7 Å². The van der Waals surface area contributed by atoms with E-state index in [4.69, 9.17) is 40.0 Å². The molecule has 3 aliphatic heterocycles. The Bertz CT molecular complexity index is 1320. The highest BCUT2D eigenvalue weighted by Crippen LogP contribution is 2.45. The number of allylic oxidation sites excluding steroid dienone is 3. The minimum absolute atomic E-state index is 0.0462. The van der Waals surface area contributed by atoms with Crippen LogP contribution in [0.25, 0.3) is 0 Å². The molecule has 14 atom stereocenters. The fourth-order valence-corrected chi connectivity index (χ4v) is 8.12. The van der Waals surface area contributed by atoms with Gasteiger partial charge in [0.2, 0.25) is 0 Å². The molecule has 0 aromatic rings. The first-order valence-corrected chi connectivity index (χ1v) is 17.2. The van der Waals surface area contributed by atoms with Gasteiger partial charge in [0.05, 0.1) is 36.9 Å². The first-order chi connectivity index (χ1) is 22.3. The molecule has 2 saturated heterocycles. The van der Waals surface area contributed by atoms with Crippen molar-refractivity contribution in [3.63, 3.8) is 0 Å². The van der Waals surface area contributed by atoms with Crippen LogP contribution in [0.3, 0.4) is 0 Å². The SMILES string of the molecule is CO[C@@H]1/C=C(\C)C[C@H](/C=C/C=C/C#C[C@@H]2C[C@H]2Cl)OC(=O)C[C@]2(O)C[C@H](O[C@@H]3C[C@@H](C)[C@H]4NC(=O)O[C@@]4(C)[C@H]3OC)[C@@H](C)[C@@H](O2)[C@@H]1C. The molecule has 4 fully saturated rings. The number of hydrogen-bond acceptors (Lipinski definition) is 9. The molecule has 0 unspecified atom stereocenters. The van der Waals surface area contributed by atoms with Crippen LogP contribution in [-0.2, 0) is 33.2 Å². The van der Waals surface area contributed by atoms with Gasteiger partial charge in [0.25, 0.3) is 0 Å². The largest absolute Gasteiger partial charge is 0.458 e. The molecule has 260 valence electrons. The van der Waals surface area contributed by atoms with E-state index in [2.05, 4.69) is 24.1 Å². The molecule has 0 spiro atoms. The van der Waals surface area contributed by atoms with Crippen LogP contribution in [0.5, 0.6) is 0 Å². The molecule has 2 bridgehead atoms. The van der Waals surface area contributed by atoms with Crippen molar-refractivity contribution in [2.75, 3.05) is 14.2 Å². The van der Waals surface area contributed by atoms with Gasteiger partial charge in [-0.1, -0.05) is 56.4 Å². The first-order valence-electron chi connectivity index (χ1n) is 16.7. The molecule has 2 saturated carbocycles. The number of carbonyl (C=O) groups excluding carboxylic acids is 2. The van der Waals surface area contributed by atoms with Crippen molar-refractivity contribution in [3.8, 4) is 11.8 Å². The van der Waals surface area contributed by atoms with Gasteiger partial charge in [-0.15, -0.1) is 11.6 Å². The number of hydrogen-bond donors (Lipinski definition) is 2. The zero-order chi connectivity index (χ0) is 34.1. The number of halogens is 1. The quantitative estimate of drug-likeness (QED) is 0.134. The Kier molecular flexibility index (Phi) is 11.2. The Hall–Kier alpha value is -2.39. The molecule has 3 heterocycles. The third-order valence-corrected chi connectivity index (χ3v) is 10.9. The molecular weight excluding hydrogens is 626 g/mol. The number of aliphatic hydroxyl groups is 1. The number of rotatable bonds is 6. The number of amides is 1. The summed E-state index contributed by atoms with van der Waals surface area (Å²) >= 11 is 6.01. The number of cyclic esters (lactones) is 1. The molecule has 1 amide bonds. The van der Waals surface area contributed by atoms with Gasteiger partial charge in [-0.05, 0) is 44.8 Å². The summed E-state index contributed by atoms with van der Waals surface area (Å²) in [6.45, 7) is 9.97. The van der Waals surface area contributed by atoms with E-state index in [0.29, 0.717) is 12.8 Å². The van der Waals surface area contributed by atoms with Crippen LogP contribution in [-0.4, -0.2) is 90.8 Å². The Labute approximate surface area is 283 Å². The van der Waals surface area contributed by atoms with Gasteiger partial charge in [-0.25, -0.2) is 4.79 Å². The van der Waals surface area contributed by atoms with Crippen LogP contribution in [0.1, 0.15) is 66.7 Å². The number of alkyl halides is 1. The minimum atomic E-state index is -1.84. The Balaban J connectivity index is 1.37. The van der Waals surface area contributed by atoms with Crippen molar-refractivity contribution < 1.29 is 43.1 Å². The average molecular weight is 676 g/mol. The number of nitrogens with one attached hydrogen (secondary N) is 1. The van der Waals surface area contributed by atoms with E-state index in [1.807, 2.05) is 39.8 Å². The summed E-state index contributed by atoms with van der Waals surface area (Å²) in [7, 11) is 3.24. The Morgan fingerprint density at radius 1 is 1.11 bits per heavy atom. The summed E-state index contributed by atoms with van der Waals surface area (Å²) in [6.07, 6.45) is 7.49. The van der Waals surface area contributed by atoms with Gasteiger partial charge < -0.3 is 38.8 Å². The smallest absolute Gasteiger partial charge is 0.408 e. The second-order valence-corrected chi connectivity index (χ2v) is 14.8. The summed E-state index contributed by atoms with van der Waals surface area (Å²) in [4.78, 5) is 25.7. The molecule has 11 heteroatoms. The van der Waals surface area contributed by atoms with Gasteiger partial charge in [-0.2, -0.15) is 0 Å². The van der Waals surface area contributed by atoms with Crippen LogP contribution in [0, 0.1) is 35.5 Å². The number of methoxy groups -OCH3 is 2. The molecule has 5 rings (SSSR count). The lowest BCUT2D eigenvalue weighted by Crippen LogP contribution is -2.64. The summed E-state index contributed by atoms with van der Waals surface area (Å²) in [5.41, 5.74) is 0.0653. The lowest BCUT2D eigenvalue weighted by molar-refractivity contribution is -0.316. The lowest BCUT2D eigenvalue weighted by atomic mass is 9.72. The molecule has 5 aliphatic rings. The summed E-state index contributed by atoms with van der Waals surface area (Å²) in [6, 6.07) is -0.221. The number of esters is 1. The van der Waals surface area contributed by atoms with Gasteiger partial charge in [-0.3, -0.25) is 4.79 Å². The number of ether oxygens (including phenoxy) is 6. The minimum Gasteiger partial charge on any atom is -0.458 e. The maximum absolute atomic E-state index is 13.4. The van der Waals surface area contributed by atoms with Gasteiger partial charge >= 0.3 is 12.1 Å². The first kappa shape index (κ1) is 35.9. The van der Waals surface area contributed by atoms with Gasteiger partial charge in [0, 0.05) is 50.2 Å². The highest BCUT2D eigenvalue weighted by atomic mass is 35.5. The van der Waals surface area contributed by atoms with Crippen molar-refractivity contribution in [1.29, 1.82) is 0 Å². The van der Waals surface area contributed by atoms with Gasteiger partial charge in [0.1, 0.15) is 12.2 Å². The van der Waals surface area contributed by atoms with E-state index in [1.54, 1.807) is 32.4 Å². The van der Waals surface area contributed by atoms with Crippen LogP contribution in [0.15, 0.2) is 36.0 Å². The number of carbonyl (C=O) groups is 2. The van der Waals surface area contributed by atoms with Crippen LogP contribution >= 0.6 is 11.6 Å². The molecule has 2 aliphatic carbocycles. The summed E-state index contributed by atoms with van der Waals surface area (Å²) in [5, 5.41) is 15.0. The molecule has 47 heavy (non-hydrogen) atoms. The van der Waals surface area contributed by atoms with E-state index < -0.39 is 54.0 Å². The van der Waals surface area contributed by atoms with E-state index in [0.717, 1.165) is 12.0 Å². The third-order valence-electron chi connectivity index (χ3n) is 10.4. The van der Waals surface area contributed by atoms with Crippen molar-refractivity contribution in [2.45, 2.75) is 126 Å². The summed E-state index contributed by atoms with van der Waals surface area (Å²) in [5.74, 6) is 3.62. The van der Waals surface area contributed by atoms with E-state index >= 15 is 0 Å². The third kappa shape index (κ3) is 8.09. The maximum atomic E-state index is 13.4. The second kappa shape index (κ2) is 14.6. The monoisotopic (exact) mass is 675 g/mol. The second-order valence-electron chi connectivity index (χ2n) is 14.2. The highest BCUT2D eigenvalue weighted by molar-refractivity contribution is 6.22. The van der Waals surface area contributed by atoms with E-state index in [9.17, 15) is 14.7 Å². The normalized spacial score (nSPS) is 46.5. The van der Waals surface area contributed by atoms with Crippen LogP contribution in [0.4, 0.5) is 4.79 Å². The molecule has 0 radical (unpaired) electrons. The Morgan fingerprint density at radius 3 is 2.53 bits per heavy atom. The molecule has 0 aromatic carbocycles. The highest BCUT2D eigenvalue weighted by Gasteiger charge is 2.60. The number of fused-ring (bicyclic) bond motifs is 3. The van der Waals surface area contributed by atoms with Crippen molar-refractivity contribution in [2.24, 2.45) is 23.7 Å². The van der Waals surface area contributed by atoms with Crippen LogP contribution < -0.4 is 5.32 Å². The van der Waals surface area contributed by atoms with Crippen molar-refractivity contribution in [3.05, 3.63) is 36.0 Å². The maximum Gasteiger partial charge on any atom is 0.408 e. The molecule has 0 aromatic heterocycles. The van der Waals surface area contributed by atoms with Gasteiger partial charge in [0.15, 0.2) is 11.4 Å². The van der Waals surface area contributed by atoms with E-state index in [-0.39, 0.29) is 54.0 Å². The Morgan fingerprint density at radius 2 is 1.85 bits per heavy atom. The molecule has 2 N–H and O–H groups in total. The predicted molar refractivity (Wildman–Crippen MR) is 175 cm³/mol. The number of alkyl carbamates (subject to hydrolysis) is 1. The van der Waals surface area contributed by atoms with Crippen molar-refractivity contribution in [1.82, 2.24) is 5.32 Å². The zero-order valence-electron chi connectivity index (χ0n) is 28.4. The molecular formula is C36H50ClNO9. The predicted octanol–water partition coefficient (Wildman–Crippen LogP) is 4.82. The topological polar surface area (TPSA) is 122 Å². The standard InChI is InChI=1S/C36H50ClNO9/c1-20-14-25(13-11-9-8-10-12-24-17-26(24)37)44-30(39)19-36(41)18-29(23(4)31(46-36)22(3)27(15-20)42-6)45-28-16-21(2)32-35(5,33(28)43-7)47-34(40)38-32/h8-9,11,13,15,21-29,31-33,41H,14,16-19H2,1-7H3,(H,38,40)/b9-8+,13-11+,20-15+/t21-,22-,23-,24-,25+,26-,27-,28-,29+,31+,32-,33+,35-,36+/m1/s1. The van der Waals surface area contributed by atoms with E-state index in [1.165, 1.54) is 0 Å². The fourth-order valence-electron chi connectivity index (χ4n) is 7.86. The lowest BCUT2D eigenvalue weighted by Gasteiger charge is -2.51. The summed E-state index contributed by atoms with van der Waals surface area (Å²) < 4.78 is 36.8. The molecule has 10 nitrogen and oxygen atoms in total. The van der Waals surface area contributed by atoms with Crippen LogP contribution in [0.2, 0.25) is 0 Å². The fraction of sp³-hybridized carbons (Fsp3) is 0.722. The average Bonchev–Trinajstić information content (AvgIpc) is 3.60.